The number of hydrogen-bond donors (Lipinski definition) is 0. The second-order valence-corrected chi connectivity index (χ2v) is 4.87. The van der Waals surface area contributed by atoms with Crippen LogP contribution in [0.25, 0.3) is 10.8 Å². The van der Waals surface area contributed by atoms with Gasteiger partial charge in [0.25, 0.3) is 0 Å². The third-order valence-electron chi connectivity index (χ3n) is 3.27. The molecule has 0 aliphatic rings. The van der Waals surface area contributed by atoms with Gasteiger partial charge in [-0.1, -0.05) is 30.8 Å². The summed E-state index contributed by atoms with van der Waals surface area (Å²) in [7, 11) is 0. The van der Waals surface area contributed by atoms with Crippen molar-refractivity contribution in [3.63, 3.8) is 0 Å². The minimum atomic E-state index is -0.448. The van der Waals surface area contributed by atoms with Crippen LogP contribution < -0.4 is 9.47 Å². The number of hydrogen-bond acceptors (Lipinski definition) is 5. The molecule has 128 valence electrons. The molecule has 0 aliphatic heterocycles. The number of carbonyl (C=O) groups excluding carboxylic acids is 1. The smallest absolute Gasteiger partial charge is 0.330 e. The van der Waals surface area contributed by atoms with Gasteiger partial charge in [-0.3, -0.25) is 0 Å². The van der Waals surface area contributed by atoms with Gasteiger partial charge in [-0.05, 0) is 19.1 Å². The average Bonchev–Trinajstić information content (AvgIpc) is 2.61. The summed E-state index contributed by atoms with van der Waals surface area (Å²) in [5, 5.41) is 2.03. The fraction of sp³-hybridized carbons (Fsp3) is 0.316. The van der Waals surface area contributed by atoms with Gasteiger partial charge < -0.3 is 18.9 Å². The molecule has 0 saturated carbocycles. The fourth-order valence-corrected chi connectivity index (χ4v) is 2.23. The molecule has 2 aromatic carbocycles. The molecule has 0 unspecified atom stereocenters. The normalized spacial score (nSPS) is 10.4. The summed E-state index contributed by atoms with van der Waals surface area (Å²) in [6.07, 6.45) is 1.13. The molecule has 0 amide bonds. The molecule has 0 bridgehead atoms. The molecule has 0 saturated heterocycles. The Bertz CT molecular complexity index is 681. The monoisotopic (exact) mass is 330 g/mol. The molecule has 2 aromatic rings. The third-order valence-corrected chi connectivity index (χ3v) is 3.27. The average molecular weight is 330 g/mol. The van der Waals surface area contributed by atoms with E-state index < -0.39 is 5.97 Å². The molecule has 0 radical (unpaired) electrons. The van der Waals surface area contributed by atoms with E-state index in [2.05, 4.69) is 6.58 Å². The first kappa shape index (κ1) is 17.8. The van der Waals surface area contributed by atoms with Crippen LogP contribution in [0.3, 0.4) is 0 Å². The first-order valence-corrected chi connectivity index (χ1v) is 7.90. The highest BCUT2D eigenvalue weighted by Crippen LogP contribution is 2.32. The molecule has 0 aliphatic carbocycles. The number of ether oxygens (including phenoxy) is 4. The van der Waals surface area contributed by atoms with E-state index in [0.29, 0.717) is 26.4 Å². The van der Waals surface area contributed by atoms with Crippen LogP contribution in [0.4, 0.5) is 0 Å². The van der Waals surface area contributed by atoms with Crippen molar-refractivity contribution in [2.24, 2.45) is 0 Å². The summed E-state index contributed by atoms with van der Waals surface area (Å²) >= 11 is 0. The molecule has 0 N–H and O–H groups in total. The lowest BCUT2D eigenvalue weighted by Gasteiger charge is -2.12. The van der Waals surface area contributed by atoms with Crippen molar-refractivity contribution in [2.45, 2.75) is 6.92 Å². The molecule has 24 heavy (non-hydrogen) atoms. The molecule has 0 heterocycles. The Morgan fingerprint density at radius 1 is 0.958 bits per heavy atom. The van der Waals surface area contributed by atoms with E-state index in [9.17, 15) is 4.79 Å². The highest BCUT2D eigenvalue weighted by molar-refractivity contribution is 5.93. The van der Waals surface area contributed by atoms with Gasteiger partial charge in [0.2, 0.25) is 0 Å². The molecule has 0 fully saturated rings. The maximum Gasteiger partial charge on any atom is 0.330 e. The molecule has 0 atom stereocenters. The zero-order chi connectivity index (χ0) is 17.2. The van der Waals surface area contributed by atoms with E-state index in [1.807, 2.05) is 43.3 Å². The predicted octanol–water partition coefficient (Wildman–Crippen LogP) is 3.36. The van der Waals surface area contributed by atoms with Gasteiger partial charge in [-0.15, -0.1) is 0 Å². The number of carbonyl (C=O) groups is 1. The second-order valence-electron chi connectivity index (χ2n) is 4.87. The summed E-state index contributed by atoms with van der Waals surface area (Å²) in [6, 6.07) is 11.8. The van der Waals surface area contributed by atoms with E-state index in [0.717, 1.165) is 28.3 Å². The zero-order valence-corrected chi connectivity index (χ0v) is 13.8. The van der Waals surface area contributed by atoms with E-state index in [4.69, 9.17) is 18.9 Å². The van der Waals surface area contributed by atoms with Gasteiger partial charge in [-0.25, -0.2) is 4.79 Å². The molecule has 5 nitrogen and oxygen atoms in total. The van der Waals surface area contributed by atoms with Crippen LogP contribution in [0.1, 0.15) is 6.92 Å². The standard InChI is InChI=1S/C19H22O5/c1-3-19(20)24-14-12-21-11-13-23-18-10-6-7-15-16(18)8-5-9-17(15)22-4-2/h3,5-10H,1,4,11-14H2,2H3. The Hall–Kier alpha value is -2.53. The summed E-state index contributed by atoms with van der Waals surface area (Å²) in [6.45, 7) is 7.25. The van der Waals surface area contributed by atoms with Crippen molar-refractivity contribution in [3.05, 3.63) is 49.1 Å². The Morgan fingerprint density at radius 2 is 1.58 bits per heavy atom. The topological polar surface area (TPSA) is 54.0 Å². The second kappa shape index (κ2) is 9.57. The van der Waals surface area contributed by atoms with Crippen molar-refractivity contribution >= 4 is 16.7 Å². The zero-order valence-electron chi connectivity index (χ0n) is 13.8. The Kier molecular flexibility index (Phi) is 7.11. The highest BCUT2D eigenvalue weighted by Gasteiger charge is 2.06. The largest absolute Gasteiger partial charge is 0.493 e. The molecule has 0 aromatic heterocycles. The van der Waals surface area contributed by atoms with E-state index in [-0.39, 0.29) is 6.61 Å². The van der Waals surface area contributed by atoms with Crippen molar-refractivity contribution in [1.82, 2.24) is 0 Å². The van der Waals surface area contributed by atoms with Crippen LogP contribution in [0.2, 0.25) is 0 Å². The van der Waals surface area contributed by atoms with E-state index >= 15 is 0 Å². The van der Waals surface area contributed by atoms with E-state index in [1.165, 1.54) is 0 Å². The van der Waals surface area contributed by atoms with Crippen LogP contribution in [0, 0.1) is 0 Å². The number of esters is 1. The van der Waals surface area contributed by atoms with Crippen LogP contribution >= 0.6 is 0 Å². The van der Waals surface area contributed by atoms with Crippen molar-refractivity contribution in [3.8, 4) is 11.5 Å². The molecule has 0 spiro atoms. The minimum absolute atomic E-state index is 0.205. The highest BCUT2D eigenvalue weighted by atomic mass is 16.6. The molecular formula is C19H22O5. The summed E-state index contributed by atoms with van der Waals surface area (Å²) in [5.74, 6) is 1.19. The molecular weight excluding hydrogens is 308 g/mol. The third kappa shape index (κ3) is 4.99. The van der Waals surface area contributed by atoms with Crippen LogP contribution in [0.15, 0.2) is 49.1 Å². The Labute approximate surface area is 141 Å². The van der Waals surface area contributed by atoms with Gasteiger partial charge in [0.1, 0.15) is 24.7 Å². The van der Waals surface area contributed by atoms with Gasteiger partial charge in [0, 0.05) is 16.8 Å². The van der Waals surface area contributed by atoms with Crippen LogP contribution in [0.5, 0.6) is 11.5 Å². The first-order chi connectivity index (χ1) is 11.8. The van der Waals surface area contributed by atoms with Gasteiger partial charge in [0.15, 0.2) is 0 Å². The predicted molar refractivity (Wildman–Crippen MR) is 92.6 cm³/mol. The summed E-state index contributed by atoms with van der Waals surface area (Å²) < 4.78 is 21.6. The Balaban J connectivity index is 1.84. The lowest BCUT2D eigenvalue weighted by Crippen LogP contribution is -2.12. The minimum Gasteiger partial charge on any atom is -0.493 e. The van der Waals surface area contributed by atoms with Gasteiger partial charge in [0.05, 0.1) is 19.8 Å². The maximum atomic E-state index is 10.9. The first-order valence-electron chi connectivity index (χ1n) is 7.90. The van der Waals surface area contributed by atoms with Crippen molar-refractivity contribution < 1.29 is 23.7 Å². The van der Waals surface area contributed by atoms with Crippen molar-refractivity contribution in [1.29, 1.82) is 0 Å². The SMILES string of the molecule is C=CC(=O)OCCOCCOc1cccc2c(OCC)cccc12. The Morgan fingerprint density at radius 3 is 2.21 bits per heavy atom. The molecule has 2 rings (SSSR count). The fourth-order valence-electron chi connectivity index (χ4n) is 2.23. The number of rotatable bonds is 10. The van der Waals surface area contributed by atoms with Gasteiger partial charge >= 0.3 is 5.97 Å². The lowest BCUT2D eigenvalue weighted by molar-refractivity contribution is -0.139. The number of fused-ring (bicyclic) bond motifs is 1. The van der Waals surface area contributed by atoms with Crippen LogP contribution in [-0.4, -0.2) is 39.0 Å². The molecule has 5 heteroatoms. The number of benzene rings is 2. The quantitative estimate of drug-likeness (QED) is 0.380. The van der Waals surface area contributed by atoms with E-state index in [1.54, 1.807) is 0 Å². The van der Waals surface area contributed by atoms with Crippen LogP contribution in [-0.2, 0) is 14.3 Å². The van der Waals surface area contributed by atoms with Gasteiger partial charge in [-0.2, -0.15) is 0 Å². The lowest BCUT2D eigenvalue weighted by atomic mass is 10.1. The maximum absolute atomic E-state index is 10.9. The summed E-state index contributed by atoms with van der Waals surface area (Å²) in [4.78, 5) is 10.9. The van der Waals surface area contributed by atoms with Crippen molar-refractivity contribution in [2.75, 3.05) is 33.0 Å². The summed E-state index contributed by atoms with van der Waals surface area (Å²) in [5.41, 5.74) is 0.